The maximum atomic E-state index is 11.1. The molecule has 3 N–H and O–H groups in total. The maximum absolute atomic E-state index is 11.1. The van der Waals surface area contributed by atoms with Gasteiger partial charge in [0.15, 0.2) is 5.58 Å². The Kier molecular flexibility index (Phi) is 2.07. The first kappa shape index (κ1) is 10.6. The highest BCUT2D eigenvalue weighted by Gasteiger charge is 2.13. The second kappa shape index (κ2) is 3.49. The number of nitrogen functional groups attached to an aromatic ring is 1. The van der Waals surface area contributed by atoms with Crippen LogP contribution in [0.15, 0.2) is 27.4 Å². The van der Waals surface area contributed by atoms with Crippen LogP contribution in [0.4, 0.5) is 5.82 Å². The molecular weight excluding hydrogens is 232 g/mol. The zero-order valence-corrected chi connectivity index (χ0v) is 10.0. The van der Waals surface area contributed by atoms with Crippen LogP contribution in [0.2, 0.25) is 0 Å². The van der Waals surface area contributed by atoms with Crippen LogP contribution in [0.5, 0.6) is 0 Å². The van der Waals surface area contributed by atoms with E-state index in [0.29, 0.717) is 16.9 Å². The summed E-state index contributed by atoms with van der Waals surface area (Å²) in [6.45, 7) is 1.90. The number of aromatic nitrogens is 3. The van der Waals surface area contributed by atoms with Crippen molar-refractivity contribution in [2.24, 2.45) is 7.05 Å². The summed E-state index contributed by atoms with van der Waals surface area (Å²) in [6.07, 6.45) is 0. The lowest BCUT2D eigenvalue weighted by Gasteiger charge is -2.01. The van der Waals surface area contributed by atoms with Gasteiger partial charge in [-0.3, -0.25) is 9.67 Å². The SMILES string of the molecule is Cc1nn(C)c(N)c1-c1ccc2oc(=O)[nH]c2c1. The molecule has 6 nitrogen and oxygen atoms in total. The molecule has 0 saturated carbocycles. The van der Waals surface area contributed by atoms with Crippen LogP contribution in [-0.4, -0.2) is 14.8 Å². The van der Waals surface area contributed by atoms with Crippen molar-refractivity contribution in [3.05, 3.63) is 34.4 Å². The Morgan fingerprint density at radius 2 is 2.22 bits per heavy atom. The van der Waals surface area contributed by atoms with Crippen molar-refractivity contribution in [2.45, 2.75) is 6.92 Å². The van der Waals surface area contributed by atoms with Gasteiger partial charge in [-0.25, -0.2) is 4.79 Å². The van der Waals surface area contributed by atoms with Gasteiger partial charge in [0.25, 0.3) is 0 Å². The Morgan fingerprint density at radius 1 is 1.44 bits per heavy atom. The van der Waals surface area contributed by atoms with Gasteiger partial charge in [0.2, 0.25) is 0 Å². The minimum Gasteiger partial charge on any atom is -0.408 e. The molecule has 0 bridgehead atoms. The van der Waals surface area contributed by atoms with E-state index in [0.717, 1.165) is 16.8 Å². The van der Waals surface area contributed by atoms with Gasteiger partial charge in [0, 0.05) is 12.6 Å². The highest BCUT2D eigenvalue weighted by atomic mass is 16.4. The summed E-state index contributed by atoms with van der Waals surface area (Å²) < 4.78 is 6.59. The number of hydrogen-bond donors (Lipinski definition) is 2. The fourth-order valence-electron chi connectivity index (χ4n) is 2.14. The maximum Gasteiger partial charge on any atom is 0.417 e. The first-order valence-electron chi connectivity index (χ1n) is 5.48. The zero-order chi connectivity index (χ0) is 12.9. The van der Waals surface area contributed by atoms with E-state index in [2.05, 4.69) is 10.1 Å². The molecule has 1 aromatic carbocycles. The Balaban J connectivity index is 2.28. The summed E-state index contributed by atoms with van der Waals surface area (Å²) in [7, 11) is 1.80. The minimum absolute atomic E-state index is 0.460. The normalized spacial score (nSPS) is 11.2. The Labute approximate surface area is 102 Å². The molecule has 2 heterocycles. The summed E-state index contributed by atoms with van der Waals surface area (Å²) in [5, 5.41) is 4.27. The van der Waals surface area contributed by atoms with Crippen molar-refractivity contribution < 1.29 is 4.42 Å². The fraction of sp³-hybridized carbons (Fsp3) is 0.167. The fourth-order valence-corrected chi connectivity index (χ4v) is 2.14. The van der Waals surface area contributed by atoms with E-state index in [1.165, 1.54) is 0 Å². The van der Waals surface area contributed by atoms with E-state index >= 15 is 0 Å². The highest BCUT2D eigenvalue weighted by Crippen LogP contribution is 2.30. The number of nitrogens with zero attached hydrogens (tertiary/aromatic N) is 2. The van der Waals surface area contributed by atoms with Crippen molar-refractivity contribution in [3.63, 3.8) is 0 Å². The number of H-pyrrole nitrogens is 1. The third-order valence-electron chi connectivity index (χ3n) is 2.97. The lowest BCUT2D eigenvalue weighted by Crippen LogP contribution is -1.98. The van der Waals surface area contributed by atoms with Crippen molar-refractivity contribution >= 4 is 16.9 Å². The van der Waals surface area contributed by atoms with Crippen LogP contribution in [0.25, 0.3) is 22.2 Å². The van der Waals surface area contributed by atoms with Crippen molar-refractivity contribution in [2.75, 3.05) is 5.73 Å². The summed E-state index contributed by atoms with van der Waals surface area (Å²) in [5.74, 6) is 0.135. The molecule has 0 aliphatic carbocycles. The second-order valence-electron chi connectivity index (χ2n) is 4.19. The molecule has 0 atom stereocenters. The standard InChI is InChI=1S/C12H12N4O2/c1-6-10(11(13)16(2)15-6)7-3-4-9-8(5-7)14-12(17)18-9/h3-5H,13H2,1-2H3,(H,14,17). The molecule has 0 spiro atoms. The summed E-state index contributed by atoms with van der Waals surface area (Å²) >= 11 is 0. The van der Waals surface area contributed by atoms with Crippen LogP contribution < -0.4 is 11.5 Å². The average molecular weight is 244 g/mol. The quantitative estimate of drug-likeness (QED) is 0.677. The summed E-state index contributed by atoms with van der Waals surface area (Å²) in [6, 6.07) is 5.44. The molecule has 6 heteroatoms. The van der Waals surface area contributed by atoms with Crippen LogP contribution in [0.3, 0.4) is 0 Å². The van der Waals surface area contributed by atoms with E-state index < -0.39 is 5.76 Å². The third-order valence-corrected chi connectivity index (χ3v) is 2.97. The van der Waals surface area contributed by atoms with Gasteiger partial charge in [-0.1, -0.05) is 6.07 Å². The van der Waals surface area contributed by atoms with Gasteiger partial charge in [-0.15, -0.1) is 0 Å². The van der Waals surface area contributed by atoms with Crippen molar-refractivity contribution in [1.29, 1.82) is 0 Å². The predicted molar refractivity (Wildman–Crippen MR) is 68.2 cm³/mol. The Hall–Kier alpha value is -2.50. The molecule has 18 heavy (non-hydrogen) atoms. The van der Waals surface area contributed by atoms with Crippen molar-refractivity contribution in [3.8, 4) is 11.1 Å². The minimum atomic E-state index is -0.460. The Morgan fingerprint density at radius 3 is 2.89 bits per heavy atom. The van der Waals surface area contributed by atoms with E-state index in [4.69, 9.17) is 10.2 Å². The van der Waals surface area contributed by atoms with Gasteiger partial charge in [-0.05, 0) is 24.6 Å². The predicted octanol–water partition coefficient (Wildman–Crippen LogP) is 1.41. The van der Waals surface area contributed by atoms with Gasteiger partial charge >= 0.3 is 5.76 Å². The van der Waals surface area contributed by atoms with Crippen LogP contribution in [0.1, 0.15) is 5.69 Å². The van der Waals surface area contributed by atoms with Crippen molar-refractivity contribution in [1.82, 2.24) is 14.8 Å². The number of rotatable bonds is 1. The smallest absolute Gasteiger partial charge is 0.408 e. The molecule has 0 radical (unpaired) electrons. The molecule has 92 valence electrons. The lowest BCUT2D eigenvalue weighted by atomic mass is 10.1. The molecule has 0 saturated heterocycles. The van der Waals surface area contributed by atoms with Crippen LogP contribution >= 0.6 is 0 Å². The number of aromatic amines is 1. The molecule has 0 aliphatic rings. The third kappa shape index (κ3) is 1.42. The van der Waals surface area contributed by atoms with E-state index in [9.17, 15) is 4.79 Å². The molecule has 3 rings (SSSR count). The monoisotopic (exact) mass is 244 g/mol. The van der Waals surface area contributed by atoms with Crippen LogP contribution in [0, 0.1) is 6.92 Å². The largest absolute Gasteiger partial charge is 0.417 e. The number of benzene rings is 1. The van der Waals surface area contributed by atoms with Gasteiger partial charge in [-0.2, -0.15) is 5.10 Å². The number of nitrogens with two attached hydrogens (primary N) is 1. The molecular formula is C12H12N4O2. The first-order chi connectivity index (χ1) is 8.56. The topological polar surface area (TPSA) is 89.8 Å². The Bertz CT molecular complexity index is 794. The van der Waals surface area contributed by atoms with Crippen LogP contribution in [-0.2, 0) is 7.05 Å². The molecule has 0 aliphatic heterocycles. The molecule has 2 aromatic heterocycles. The van der Waals surface area contributed by atoms with Gasteiger partial charge < -0.3 is 10.2 Å². The summed E-state index contributed by atoms with van der Waals surface area (Å²) in [5.41, 5.74) is 9.80. The van der Waals surface area contributed by atoms with E-state index in [1.807, 2.05) is 19.1 Å². The molecule has 0 fully saturated rings. The molecule has 0 unspecified atom stereocenters. The number of aryl methyl sites for hydroxylation is 2. The van der Waals surface area contributed by atoms with Gasteiger partial charge in [0.1, 0.15) is 5.82 Å². The lowest BCUT2D eigenvalue weighted by molar-refractivity contribution is 0.555. The molecule has 3 aromatic rings. The average Bonchev–Trinajstić information content (AvgIpc) is 2.78. The van der Waals surface area contributed by atoms with E-state index in [1.54, 1.807) is 17.8 Å². The zero-order valence-electron chi connectivity index (χ0n) is 10.0. The highest BCUT2D eigenvalue weighted by molar-refractivity contribution is 5.84. The first-order valence-corrected chi connectivity index (χ1v) is 5.48. The second-order valence-corrected chi connectivity index (χ2v) is 4.19. The number of fused-ring (bicyclic) bond motifs is 1. The number of anilines is 1. The summed E-state index contributed by atoms with van der Waals surface area (Å²) in [4.78, 5) is 13.7. The number of oxazole rings is 1. The van der Waals surface area contributed by atoms with Gasteiger partial charge in [0.05, 0.1) is 11.2 Å². The van der Waals surface area contributed by atoms with E-state index in [-0.39, 0.29) is 0 Å². The molecule has 0 amide bonds. The number of hydrogen-bond acceptors (Lipinski definition) is 4. The number of nitrogens with one attached hydrogen (secondary N) is 1.